The van der Waals surface area contributed by atoms with E-state index in [2.05, 4.69) is 10.3 Å². The molecule has 1 aromatic carbocycles. The fraction of sp³-hybridized carbons (Fsp3) is 0.188. The molecule has 2 heterocycles. The Labute approximate surface area is 126 Å². The Hall–Kier alpha value is -2.89. The van der Waals surface area contributed by atoms with Crippen LogP contribution in [0.5, 0.6) is 0 Å². The number of nitrogens with zero attached hydrogens (tertiary/aromatic N) is 2. The van der Waals surface area contributed by atoms with Crippen molar-refractivity contribution in [2.45, 2.75) is 19.9 Å². The van der Waals surface area contributed by atoms with Gasteiger partial charge in [-0.1, -0.05) is 0 Å². The molecule has 0 fully saturated rings. The Morgan fingerprint density at radius 3 is 2.82 bits per heavy atom. The molecule has 0 aliphatic heterocycles. The van der Waals surface area contributed by atoms with Gasteiger partial charge in [-0.05, 0) is 44.2 Å². The van der Waals surface area contributed by atoms with Crippen LogP contribution in [0.4, 0.5) is 5.69 Å². The van der Waals surface area contributed by atoms with Gasteiger partial charge in [0.2, 0.25) is 0 Å². The summed E-state index contributed by atoms with van der Waals surface area (Å²) in [6, 6.07) is 8.27. The van der Waals surface area contributed by atoms with Crippen LogP contribution < -0.4 is 10.9 Å². The van der Waals surface area contributed by atoms with Crippen LogP contribution in [0.1, 0.15) is 30.4 Å². The lowest BCUT2D eigenvalue weighted by Crippen LogP contribution is -2.22. The molecule has 0 aliphatic carbocycles. The molecule has 1 amide bonds. The van der Waals surface area contributed by atoms with Crippen LogP contribution in [-0.2, 0) is 0 Å². The monoisotopic (exact) mass is 297 g/mol. The van der Waals surface area contributed by atoms with E-state index in [1.807, 2.05) is 13.8 Å². The van der Waals surface area contributed by atoms with Crippen molar-refractivity contribution in [2.75, 3.05) is 5.32 Å². The zero-order chi connectivity index (χ0) is 15.7. The molecule has 2 aromatic heterocycles. The molecular weight excluding hydrogens is 282 g/mol. The highest BCUT2D eigenvalue weighted by atomic mass is 16.3. The Bertz CT molecular complexity index is 879. The molecule has 22 heavy (non-hydrogen) atoms. The van der Waals surface area contributed by atoms with Gasteiger partial charge in [0.25, 0.3) is 11.5 Å². The zero-order valence-electron chi connectivity index (χ0n) is 12.2. The van der Waals surface area contributed by atoms with E-state index in [0.717, 1.165) is 0 Å². The fourth-order valence-corrected chi connectivity index (χ4v) is 2.18. The normalized spacial score (nSPS) is 11.0. The highest BCUT2D eigenvalue weighted by Gasteiger charge is 2.11. The Morgan fingerprint density at radius 2 is 2.14 bits per heavy atom. The highest BCUT2D eigenvalue weighted by molar-refractivity contribution is 6.03. The van der Waals surface area contributed by atoms with Gasteiger partial charge in [0, 0.05) is 11.7 Å². The average Bonchev–Trinajstić information content (AvgIpc) is 3.02. The van der Waals surface area contributed by atoms with Crippen molar-refractivity contribution >= 4 is 22.5 Å². The van der Waals surface area contributed by atoms with Crippen LogP contribution >= 0.6 is 0 Å². The summed E-state index contributed by atoms with van der Waals surface area (Å²) in [7, 11) is 0. The van der Waals surface area contributed by atoms with Crippen LogP contribution in [-0.4, -0.2) is 15.5 Å². The summed E-state index contributed by atoms with van der Waals surface area (Å²) in [6.45, 7) is 3.83. The third kappa shape index (κ3) is 2.50. The molecule has 112 valence electrons. The van der Waals surface area contributed by atoms with Crippen molar-refractivity contribution < 1.29 is 9.21 Å². The van der Waals surface area contributed by atoms with Gasteiger partial charge in [-0.25, -0.2) is 4.98 Å². The van der Waals surface area contributed by atoms with E-state index >= 15 is 0 Å². The Morgan fingerprint density at radius 1 is 1.32 bits per heavy atom. The first-order chi connectivity index (χ1) is 10.6. The van der Waals surface area contributed by atoms with Gasteiger partial charge in [0.15, 0.2) is 5.76 Å². The topological polar surface area (TPSA) is 77.1 Å². The number of hydrogen-bond donors (Lipinski definition) is 1. The number of fused-ring (bicyclic) bond motifs is 1. The largest absolute Gasteiger partial charge is 0.459 e. The molecule has 0 saturated carbocycles. The van der Waals surface area contributed by atoms with E-state index in [0.29, 0.717) is 16.6 Å². The van der Waals surface area contributed by atoms with E-state index in [-0.39, 0.29) is 23.3 Å². The van der Waals surface area contributed by atoms with Crippen molar-refractivity contribution in [1.29, 1.82) is 0 Å². The van der Waals surface area contributed by atoms with E-state index < -0.39 is 0 Å². The van der Waals surface area contributed by atoms with Crippen LogP contribution in [0.15, 0.2) is 52.1 Å². The molecule has 0 atom stereocenters. The van der Waals surface area contributed by atoms with Gasteiger partial charge in [0.1, 0.15) is 0 Å². The number of aromatic nitrogens is 2. The summed E-state index contributed by atoms with van der Waals surface area (Å²) in [5.74, 6) is -0.150. The Balaban J connectivity index is 2.00. The minimum atomic E-state index is -0.363. The minimum absolute atomic E-state index is 0.0192. The molecule has 0 saturated heterocycles. The summed E-state index contributed by atoms with van der Waals surface area (Å²) in [5.41, 5.74) is 0.987. The predicted molar refractivity (Wildman–Crippen MR) is 83.0 cm³/mol. The second-order valence-corrected chi connectivity index (χ2v) is 5.21. The highest BCUT2D eigenvalue weighted by Crippen LogP contribution is 2.16. The first-order valence-electron chi connectivity index (χ1n) is 6.92. The second-order valence-electron chi connectivity index (χ2n) is 5.21. The molecule has 0 bridgehead atoms. The summed E-state index contributed by atoms with van der Waals surface area (Å²) < 4.78 is 6.60. The van der Waals surface area contributed by atoms with Crippen molar-refractivity contribution in [3.8, 4) is 0 Å². The first-order valence-corrected chi connectivity index (χ1v) is 6.92. The molecule has 0 radical (unpaired) electrons. The minimum Gasteiger partial charge on any atom is -0.459 e. The van der Waals surface area contributed by atoms with Crippen molar-refractivity contribution in [1.82, 2.24) is 9.55 Å². The zero-order valence-corrected chi connectivity index (χ0v) is 12.2. The van der Waals surface area contributed by atoms with Crippen LogP contribution in [0.2, 0.25) is 0 Å². The van der Waals surface area contributed by atoms with Crippen LogP contribution in [0.3, 0.4) is 0 Å². The summed E-state index contributed by atoms with van der Waals surface area (Å²) >= 11 is 0. The van der Waals surface area contributed by atoms with E-state index in [9.17, 15) is 9.59 Å². The van der Waals surface area contributed by atoms with Crippen molar-refractivity contribution in [3.05, 3.63) is 59.0 Å². The number of nitrogens with one attached hydrogen (secondary N) is 1. The van der Waals surface area contributed by atoms with Crippen LogP contribution in [0.25, 0.3) is 10.9 Å². The molecular formula is C16H15N3O3. The number of rotatable bonds is 3. The third-order valence-corrected chi connectivity index (χ3v) is 3.34. The van der Waals surface area contributed by atoms with Gasteiger partial charge < -0.3 is 9.73 Å². The smallest absolute Gasteiger partial charge is 0.291 e. The van der Waals surface area contributed by atoms with Gasteiger partial charge in [-0.3, -0.25) is 14.2 Å². The van der Waals surface area contributed by atoms with Crippen molar-refractivity contribution in [2.24, 2.45) is 0 Å². The number of carbonyl (C=O) groups is 1. The number of benzene rings is 1. The number of hydrogen-bond acceptors (Lipinski definition) is 4. The first kappa shape index (κ1) is 14.1. The molecule has 6 heteroatoms. The maximum atomic E-state index is 12.4. The van der Waals surface area contributed by atoms with E-state index in [1.165, 1.54) is 12.6 Å². The number of amides is 1. The van der Waals surface area contributed by atoms with Gasteiger partial charge >= 0.3 is 0 Å². The number of anilines is 1. The Kier molecular flexibility index (Phi) is 3.50. The fourth-order valence-electron chi connectivity index (χ4n) is 2.18. The maximum absolute atomic E-state index is 12.4. The quantitative estimate of drug-likeness (QED) is 0.806. The predicted octanol–water partition coefficient (Wildman–Crippen LogP) is 2.82. The summed E-state index contributed by atoms with van der Waals surface area (Å²) in [4.78, 5) is 28.7. The third-order valence-electron chi connectivity index (χ3n) is 3.34. The standard InChI is InChI=1S/C16H15N3O3/c1-10(2)19-9-17-13-6-5-11(8-12(13)16(19)21)18-15(20)14-4-3-7-22-14/h3-10H,1-2H3,(H,18,20). The van der Waals surface area contributed by atoms with Gasteiger partial charge in [-0.2, -0.15) is 0 Å². The number of furan rings is 1. The lowest BCUT2D eigenvalue weighted by molar-refractivity contribution is 0.0996. The molecule has 0 aliphatic rings. The van der Waals surface area contributed by atoms with Gasteiger partial charge in [-0.15, -0.1) is 0 Å². The summed E-state index contributed by atoms with van der Waals surface area (Å²) in [5, 5.41) is 3.17. The molecule has 1 N–H and O–H groups in total. The molecule has 6 nitrogen and oxygen atoms in total. The number of carbonyl (C=O) groups excluding carboxylic acids is 1. The second kappa shape index (κ2) is 5.48. The van der Waals surface area contributed by atoms with E-state index in [1.54, 1.807) is 34.9 Å². The summed E-state index contributed by atoms with van der Waals surface area (Å²) in [6.07, 6.45) is 2.97. The van der Waals surface area contributed by atoms with E-state index in [4.69, 9.17) is 4.42 Å². The van der Waals surface area contributed by atoms with Crippen LogP contribution in [0, 0.1) is 0 Å². The average molecular weight is 297 g/mol. The van der Waals surface area contributed by atoms with Crippen molar-refractivity contribution in [3.63, 3.8) is 0 Å². The molecule has 3 rings (SSSR count). The SMILES string of the molecule is CC(C)n1cnc2ccc(NC(=O)c3ccco3)cc2c1=O. The molecule has 0 unspecified atom stereocenters. The van der Waals surface area contributed by atoms with Gasteiger partial charge in [0.05, 0.1) is 23.5 Å². The molecule has 3 aromatic rings. The lowest BCUT2D eigenvalue weighted by atomic mass is 10.2. The lowest BCUT2D eigenvalue weighted by Gasteiger charge is -2.10. The molecule has 0 spiro atoms. The maximum Gasteiger partial charge on any atom is 0.291 e.